The minimum atomic E-state index is 0.386. The molecule has 0 spiro atoms. The molecule has 0 radical (unpaired) electrons. The molecule has 2 N–H and O–H groups in total. The number of hydrogen-bond acceptors (Lipinski definition) is 3. The third-order valence-electron chi connectivity index (χ3n) is 4.43. The van der Waals surface area contributed by atoms with E-state index in [2.05, 4.69) is 18.7 Å². The minimum absolute atomic E-state index is 0.386. The SMILES string of the molecule is CCC(C)N(CCOC)CC1(CN)CCCC1. The first-order valence-electron chi connectivity index (χ1n) is 7.10. The van der Waals surface area contributed by atoms with E-state index in [9.17, 15) is 0 Å². The molecule has 102 valence electrons. The first kappa shape index (κ1) is 14.9. The summed E-state index contributed by atoms with van der Waals surface area (Å²) >= 11 is 0. The van der Waals surface area contributed by atoms with Crippen molar-refractivity contribution in [3.63, 3.8) is 0 Å². The number of nitrogens with zero attached hydrogens (tertiary/aromatic N) is 1. The minimum Gasteiger partial charge on any atom is -0.383 e. The van der Waals surface area contributed by atoms with Gasteiger partial charge in [-0.2, -0.15) is 0 Å². The molecule has 1 unspecified atom stereocenters. The van der Waals surface area contributed by atoms with Gasteiger partial charge in [0.1, 0.15) is 0 Å². The predicted molar refractivity (Wildman–Crippen MR) is 73.2 cm³/mol. The van der Waals surface area contributed by atoms with Crippen molar-refractivity contribution < 1.29 is 4.74 Å². The van der Waals surface area contributed by atoms with Crippen molar-refractivity contribution in [3.05, 3.63) is 0 Å². The second kappa shape index (κ2) is 7.34. The normalized spacial score (nSPS) is 21.0. The van der Waals surface area contributed by atoms with Crippen LogP contribution in [0.2, 0.25) is 0 Å². The number of methoxy groups -OCH3 is 1. The number of rotatable bonds is 8. The van der Waals surface area contributed by atoms with E-state index in [4.69, 9.17) is 10.5 Å². The summed E-state index contributed by atoms with van der Waals surface area (Å²) in [4.78, 5) is 2.57. The summed E-state index contributed by atoms with van der Waals surface area (Å²) < 4.78 is 5.23. The Morgan fingerprint density at radius 1 is 1.35 bits per heavy atom. The van der Waals surface area contributed by atoms with Gasteiger partial charge in [-0.25, -0.2) is 0 Å². The molecule has 0 amide bonds. The largest absolute Gasteiger partial charge is 0.383 e. The van der Waals surface area contributed by atoms with Crippen molar-refractivity contribution in [1.29, 1.82) is 0 Å². The van der Waals surface area contributed by atoms with Crippen LogP contribution in [0.3, 0.4) is 0 Å². The van der Waals surface area contributed by atoms with Gasteiger partial charge >= 0.3 is 0 Å². The maximum atomic E-state index is 6.03. The van der Waals surface area contributed by atoms with Crippen LogP contribution in [0.15, 0.2) is 0 Å². The average Bonchev–Trinajstić information content (AvgIpc) is 2.82. The van der Waals surface area contributed by atoms with E-state index in [1.165, 1.54) is 32.1 Å². The van der Waals surface area contributed by atoms with Gasteiger partial charge in [-0.3, -0.25) is 4.90 Å². The molecule has 0 aromatic rings. The van der Waals surface area contributed by atoms with E-state index in [1.807, 2.05) is 0 Å². The van der Waals surface area contributed by atoms with Crippen LogP contribution in [0.1, 0.15) is 46.0 Å². The molecule has 17 heavy (non-hydrogen) atoms. The summed E-state index contributed by atoms with van der Waals surface area (Å²) in [7, 11) is 1.78. The highest BCUT2D eigenvalue weighted by Gasteiger charge is 2.34. The highest BCUT2D eigenvalue weighted by molar-refractivity contribution is 4.89. The van der Waals surface area contributed by atoms with Gasteiger partial charge in [0, 0.05) is 26.2 Å². The molecule has 3 heteroatoms. The Hall–Kier alpha value is -0.120. The van der Waals surface area contributed by atoms with Crippen LogP contribution >= 0.6 is 0 Å². The van der Waals surface area contributed by atoms with Crippen LogP contribution in [0.5, 0.6) is 0 Å². The monoisotopic (exact) mass is 242 g/mol. The Kier molecular flexibility index (Phi) is 6.45. The van der Waals surface area contributed by atoms with Crippen LogP contribution in [-0.4, -0.2) is 44.3 Å². The maximum Gasteiger partial charge on any atom is 0.0589 e. The number of nitrogens with two attached hydrogens (primary N) is 1. The molecule has 0 bridgehead atoms. The molecule has 1 atom stereocenters. The number of ether oxygens (including phenoxy) is 1. The lowest BCUT2D eigenvalue weighted by atomic mass is 9.85. The Labute approximate surface area is 107 Å². The molecular weight excluding hydrogens is 212 g/mol. The zero-order chi connectivity index (χ0) is 12.7. The number of hydrogen-bond donors (Lipinski definition) is 1. The highest BCUT2D eigenvalue weighted by atomic mass is 16.5. The summed E-state index contributed by atoms with van der Waals surface area (Å²) in [5.74, 6) is 0. The fraction of sp³-hybridized carbons (Fsp3) is 1.00. The first-order valence-corrected chi connectivity index (χ1v) is 7.10. The van der Waals surface area contributed by atoms with Crippen LogP contribution in [0.4, 0.5) is 0 Å². The summed E-state index contributed by atoms with van der Waals surface area (Å²) in [5, 5.41) is 0. The fourth-order valence-corrected chi connectivity index (χ4v) is 2.90. The lowest BCUT2D eigenvalue weighted by Gasteiger charge is -2.37. The molecule has 1 saturated carbocycles. The standard InChI is InChI=1S/C14H30N2O/c1-4-13(2)16(9-10-17-3)12-14(11-15)7-5-6-8-14/h13H,4-12,15H2,1-3H3. The fourth-order valence-electron chi connectivity index (χ4n) is 2.90. The Bertz CT molecular complexity index is 202. The van der Waals surface area contributed by atoms with Crippen LogP contribution in [0.25, 0.3) is 0 Å². The zero-order valence-corrected chi connectivity index (χ0v) is 11.9. The van der Waals surface area contributed by atoms with Gasteiger partial charge in [0.2, 0.25) is 0 Å². The topological polar surface area (TPSA) is 38.5 Å². The molecule has 1 aliphatic rings. The summed E-state index contributed by atoms with van der Waals surface area (Å²) in [5.41, 5.74) is 6.42. The lowest BCUT2D eigenvalue weighted by molar-refractivity contribution is 0.0818. The second-order valence-corrected chi connectivity index (χ2v) is 5.63. The molecule has 0 aliphatic heterocycles. The van der Waals surface area contributed by atoms with Gasteiger partial charge < -0.3 is 10.5 Å². The summed E-state index contributed by atoms with van der Waals surface area (Å²) in [6, 6.07) is 0.633. The molecule has 3 nitrogen and oxygen atoms in total. The first-order chi connectivity index (χ1) is 8.17. The van der Waals surface area contributed by atoms with Crippen molar-refractivity contribution in [3.8, 4) is 0 Å². The van der Waals surface area contributed by atoms with Crippen molar-refractivity contribution in [2.45, 2.75) is 52.0 Å². The van der Waals surface area contributed by atoms with E-state index < -0.39 is 0 Å². The van der Waals surface area contributed by atoms with Crippen LogP contribution < -0.4 is 5.73 Å². The molecule has 1 rings (SSSR count). The molecule has 1 aliphatic carbocycles. The second-order valence-electron chi connectivity index (χ2n) is 5.63. The molecule has 0 aromatic carbocycles. The maximum absolute atomic E-state index is 6.03. The van der Waals surface area contributed by atoms with Gasteiger partial charge in [0.15, 0.2) is 0 Å². The van der Waals surface area contributed by atoms with Crippen molar-refractivity contribution in [2.24, 2.45) is 11.1 Å². The molecule has 1 fully saturated rings. The van der Waals surface area contributed by atoms with Crippen molar-refractivity contribution in [2.75, 3.05) is 33.4 Å². The van der Waals surface area contributed by atoms with Crippen LogP contribution in [0, 0.1) is 5.41 Å². The van der Waals surface area contributed by atoms with Gasteiger partial charge in [-0.15, -0.1) is 0 Å². The third kappa shape index (κ3) is 4.23. The van der Waals surface area contributed by atoms with Gasteiger partial charge in [-0.1, -0.05) is 19.8 Å². The van der Waals surface area contributed by atoms with Crippen molar-refractivity contribution >= 4 is 0 Å². The lowest BCUT2D eigenvalue weighted by Crippen LogP contribution is -2.45. The highest BCUT2D eigenvalue weighted by Crippen LogP contribution is 2.38. The Morgan fingerprint density at radius 2 is 2.00 bits per heavy atom. The van der Waals surface area contributed by atoms with E-state index in [-0.39, 0.29) is 0 Å². The zero-order valence-electron chi connectivity index (χ0n) is 11.9. The Balaban J connectivity index is 2.56. The Morgan fingerprint density at radius 3 is 2.47 bits per heavy atom. The van der Waals surface area contributed by atoms with E-state index in [1.54, 1.807) is 7.11 Å². The summed E-state index contributed by atoms with van der Waals surface area (Å²) in [6.07, 6.45) is 6.53. The molecule has 0 saturated heterocycles. The van der Waals surface area contributed by atoms with Gasteiger partial charge in [0.05, 0.1) is 6.61 Å². The summed E-state index contributed by atoms with van der Waals surface area (Å²) in [6.45, 7) is 8.43. The smallest absolute Gasteiger partial charge is 0.0589 e. The van der Waals surface area contributed by atoms with Gasteiger partial charge in [0.25, 0.3) is 0 Å². The third-order valence-corrected chi connectivity index (χ3v) is 4.43. The predicted octanol–water partition coefficient (Wildman–Crippen LogP) is 2.25. The van der Waals surface area contributed by atoms with E-state index in [0.717, 1.165) is 26.2 Å². The van der Waals surface area contributed by atoms with Gasteiger partial charge in [-0.05, 0) is 38.1 Å². The quantitative estimate of drug-likeness (QED) is 0.709. The van der Waals surface area contributed by atoms with E-state index >= 15 is 0 Å². The van der Waals surface area contributed by atoms with E-state index in [0.29, 0.717) is 11.5 Å². The molecule has 0 aromatic heterocycles. The molecule has 0 heterocycles. The average molecular weight is 242 g/mol. The molecular formula is C14H30N2O. The van der Waals surface area contributed by atoms with Crippen molar-refractivity contribution in [1.82, 2.24) is 4.90 Å². The van der Waals surface area contributed by atoms with Crippen LogP contribution in [-0.2, 0) is 4.74 Å².